The summed E-state index contributed by atoms with van der Waals surface area (Å²) in [4.78, 5) is 13.3. The van der Waals surface area contributed by atoms with Gasteiger partial charge in [0.25, 0.3) is 5.91 Å². The molecule has 1 saturated heterocycles. The van der Waals surface area contributed by atoms with Crippen LogP contribution in [0.25, 0.3) is 0 Å². The van der Waals surface area contributed by atoms with Crippen molar-refractivity contribution < 1.29 is 9.53 Å². The summed E-state index contributed by atoms with van der Waals surface area (Å²) < 4.78 is 5.73. The molecule has 1 heterocycles. The molecule has 1 amide bonds. The summed E-state index contributed by atoms with van der Waals surface area (Å²) >= 11 is 0. The third kappa shape index (κ3) is 3.76. The molecule has 3 atom stereocenters. The number of carbonyl (C=O) groups excluding carboxylic acids is 1. The van der Waals surface area contributed by atoms with Crippen LogP contribution in [0.2, 0.25) is 0 Å². The van der Waals surface area contributed by atoms with E-state index in [1.165, 1.54) is 0 Å². The molecule has 0 aromatic heterocycles. The Balaban J connectivity index is 2.27. The van der Waals surface area contributed by atoms with Gasteiger partial charge in [0.05, 0.1) is 6.10 Å². The van der Waals surface area contributed by atoms with Crippen LogP contribution in [-0.4, -0.2) is 49.7 Å². The van der Waals surface area contributed by atoms with Crippen molar-refractivity contribution in [1.82, 2.24) is 10.2 Å². The lowest BCUT2D eigenvalue weighted by atomic mass is 10.1. The summed E-state index contributed by atoms with van der Waals surface area (Å²) in [5.74, 6) is 0.0889. The van der Waals surface area contributed by atoms with Crippen LogP contribution in [0.15, 0.2) is 0 Å². The standard InChI is InChI=1S/C12H24N2O2/c1-5-9(2)13-8-10-6-7-11(16-10)12(15)14(3)4/h9-11,13H,5-8H2,1-4H3. The minimum atomic E-state index is -0.223. The van der Waals surface area contributed by atoms with Crippen molar-refractivity contribution in [3.63, 3.8) is 0 Å². The zero-order valence-corrected chi connectivity index (χ0v) is 10.8. The molecule has 1 N–H and O–H groups in total. The van der Waals surface area contributed by atoms with Gasteiger partial charge in [-0.2, -0.15) is 0 Å². The van der Waals surface area contributed by atoms with Crippen molar-refractivity contribution in [2.75, 3.05) is 20.6 Å². The van der Waals surface area contributed by atoms with Gasteiger partial charge in [-0.25, -0.2) is 0 Å². The Hall–Kier alpha value is -0.610. The molecule has 0 aliphatic carbocycles. The Labute approximate surface area is 98.3 Å². The number of nitrogens with one attached hydrogen (secondary N) is 1. The van der Waals surface area contributed by atoms with E-state index in [0.717, 1.165) is 25.8 Å². The fourth-order valence-corrected chi connectivity index (χ4v) is 1.80. The highest BCUT2D eigenvalue weighted by atomic mass is 16.5. The highest BCUT2D eigenvalue weighted by Gasteiger charge is 2.31. The van der Waals surface area contributed by atoms with Crippen LogP contribution < -0.4 is 5.32 Å². The normalized spacial score (nSPS) is 26.8. The number of nitrogens with zero attached hydrogens (tertiary/aromatic N) is 1. The lowest BCUT2D eigenvalue weighted by molar-refractivity contribution is -0.140. The van der Waals surface area contributed by atoms with Crippen LogP contribution in [0.5, 0.6) is 0 Å². The molecular weight excluding hydrogens is 204 g/mol. The second kappa shape index (κ2) is 6.21. The van der Waals surface area contributed by atoms with Crippen LogP contribution in [0.1, 0.15) is 33.1 Å². The largest absolute Gasteiger partial charge is 0.364 e. The Kier molecular flexibility index (Phi) is 5.22. The van der Waals surface area contributed by atoms with Crippen molar-refractivity contribution in [2.45, 2.75) is 51.4 Å². The zero-order valence-electron chi connectivity index (χ0n) is 10.8. The summed E-state index contributed by atoms with van der Waals surface area (Å²) in [6.45, 7) is 5.18. The van der Waals surface area contributed by atoms with E-state index in [1.54, 1.807) is 19.0 Å². The quantitative estimate of drug-likeness (QED) is 0.763. The van der Waals surface area contributed by atoms with Crippen LogP contribution in [0, 0.1) is 0 Å². The Morgan fingerprint density at radius 3 is 2.75 bits per heavy atom. The summed E-state index contributed by atoms with van der Waals surface area (Å²) in [5, 5.41) is 3.41. The Morgan fingerprint density at radius 1 is 1.50 bits per heavy atom. The first-order valence-corrected chi connectivity index (χ1v) is 6.14. The van der Waals surface area contributed by atoms with Crippen molar-refractivity contribution in [3.8, 4) is 0 Å². The lowest BCUT2D eigenvalue weighted by Gasteiger charge is -2.18. The average molecular weight is 228 g/mol. The highest BCUT2D eigenvalue weighted by molar-refractivity contribution is 5.80. The first-order valence-electron chi connectivity index (χ1n) is 6.14. The van der Waals surface area contributed by atoms with Crippen LogP contribution in [0.3, 0.4) is 0 Å². The number of likely N-dealkylation sites (N-methyl/N-ethyl adjacent to an activating group) is 1. The Bertz CT molecular complexity index is 231. The van der Waals surface area contributed by atoms with E-state index in [-0.39, 0.29) is 18.1 Å². The van der Waals surface area contributed by atoms with Gasteiger partial charge in [-0.3, -0.25) is 4.79 Å². The van der Waals surface area contributed by atoms with Crippen molar-refractivity contribution in [1.29, 1.82) is 0 Å². The van der Waals surface area contributed by atoms with Gasteiger partial charge in [0, 0.05) is 26.7 Å². The number of hydrogen-bond donors (Lipinski definition) is 1. The number of hydrogen-bond acceptors (Lipinski definition) is 3. The monoisotopic (exact) mass is 228 g/mol. The van der Waals surface area contributed by atoms with Gasteiger partial charge in [0.15, 0.2) is 0 Å². The van der Waals surface area contributed by atoms with Gasteiger partial charge >= 0.3 is 0 Å². The number of carbonyl (C=O) groups is 1. The highest BCUT2D eigenvalue weighted by Crippen LogP contribution is 2.20. The summed E-state index contributed by atoms with van der Waals surface area (Å²) in [6, 6.07) is 0.521. The Morgan fingerprint density at radius 2 is 2.19 bits per heavy atom. The molecule has 4 nitrogen and oxygen atoms in total. The summed E-state index contributed by atoms with van der Waals surface area (Å²) in [7, 11) is 3.55. The molecule has 1 aliphatic heterocycles. The molecule has 3 unspecified atom stereocenters. The minimum absolute atomic E-state index is 0.0889. The molecule has 1 aliphatic rings. The SMILES string of the molecule is CCC(C)NCC1CCC(C(=O)N(C)C)O1. The molecule has 0 saturated carbocycles. The van der Waals surface area contributed by atoms with E-state index in [2.05, 4.69) is 19.2 Å². The fourth-order valence-electron chi connectivity index (χ4n) is 1.80. The first kappa shape index (κ1) is 13.5. The summed E-state index contributed by atoms with van der Waals surface area (Å²) in [5.41, 5.74) is 0. The van der Waals surface area contributed by atoms with Gasteiger partial charge in [-0.15, -0.1) is 0 Å². The predicted octanol–water partition coefficient (Wildman–Crippen LogP) is 1.01. The molecule has 16 heavy (non-hydrogen) atoms. The third-order valence-electron chi connectivity index (χ3n) is 3.13. The lowest BCUT2D eigenvalue weighted by Crippen LogP contribution is -2.36. The van der Waals surface area contributed by atoms with Gasteiger partial charge in [-0.1, -0.05) is 6.92 Å². The molecule has 1 rings (SSSR count). The number of amides is 1. The van der Waals surface area contributed by atoms with Crippen molar-refractivity contribution in [2.24, 2.45) is 0 Å². The van der Waals surface area contributed by atoms with Crippen LogP contribution >= 0.6 is 0 Å². The molecule has 94 valence electrons. The molecule has 0 bridgehead atoms. The smallest absolute Gasteiger partial charge is 0.251 e. The molecule has 0 radical (unpaired) electrons. The van der Waals surface area contributed by atoms with Gasteiger partial charge < -0.3 is 15.0 Å². The van der Waals surface area contributed by atoms with E-state index in [0.29, 0.717) is 6.04 Å². The van der Waals surface area contributed by atoms with Gasteiger partial charge in [0.1, 0.15) is 6.10 Å². The van der Waals surface area contributed by atoms with Crippen LogP contribution in [-0.2, 0) is 9.53 Å². The topological polar surface area (TPSA) is 41.6 Å². The number of ether oxygens (including phenoxy) is 1. The average Bonchev–Trinajstić information content (AvgIpc) is 2.73. The van der Waals surface area contributed by atoms with Gasteiger partial charge in [-0.05, 0) is 26.2 Å². The van der Waals surface area contributed by atoms with Crippen LogP contribution in [0.4, 0.5) is 0 Å². The van der Waals surface area contributed by atoms with Crippen molar-refractivity contribution in [3.05, 3.63) is 0 Å². The van der Waals surface area contributed by atoms with Gasteiger partial charge in [0.2, 0.25) is 0 Å². The maximum atomic E-state index is 11.7. The predicted molar refractivity (Wildman–Crippen MR) is 64.3 cm³/mol. The molecule has 0 aromatic carbocycles. The maximum Gasteiger partial charge on any atom is 0.251 e. The fraction of sp³-hybridized carbons (Fsp3) is 0.917. The number of rotatable bonds is 5. The third-order valence-corrected chi connectivity index (χ3v) is 3.13. The minimum Gasteiger partial charge on any atom is -0.364 e. The van der Waals surface area contributed by atoms with E-state index in [4.69, 9.17) is 4.74 Å². The van der Waals surface area contributed by atoms with E-state index >= 15 is 0 Å². The maximum absolute atomic E-state index is 11.7. The molecule has 1 fully saturated rings. The second-order valence-corrected chi connectivity index (χ2v) is 4.77. The molecule has 0 aromatic rings. The first-order chi connectivity index (χ1) is 7.54. The second-order valence-electron chi connectivity index (χ2n) is 4.77. The summed E-state index contributed by atoms with van der Waals surface area (Å²) in [6.07, 6.45) is 2.92. The van der Waals surface area contributed by atoms with E-state index in [9.17, 15) is 4.79 Å². The van der Waals surface area contributed by atoms with E-state index in [1.807, 2.05) is 0 Å². The molecule has 0 spiro atoms. The molecular formula is C12H24N2O2. The van der Waals surface area contributed by atoms with Crippen molar-refractivity contribution >= 4 is 5.91 Å². The zero-order chi connectivity index (χ0) is 12.1. The van der Waals surface area contributed by atoms with E-state index < -0.39 is 0 Å². The molecule has 4 heteroatoms.